The van der Waals surface area contributed by atoms with Crippen LogP contribution < -0.4 is 14.8 Å². The van der Waals surface area contributed by atoms with Crippen molar-refractivity contribution in [2.45, 2.75) is 70.4 Å². The molecule has 4 aliphatic rings. The van der Waals surface area contributed by atoms with E-state index in [1.165, 1.54) is 22.8 Å². The highest BCUT2D eigenvalue weighted by Crippen LogP contribution is 2.62. The Labute approximate surface area is 306 Å². The number of rotatable bonds is 11. The molecule has 1 aliphatic heterocycles. The number of hydrogen-bond donors (Lipinski definition) is 1. The van der Waals surface area contributed by atoms with Gasteiger partial charge in [0, 0.05) is 30.5 Å². The highest BCUT2D eigenvalue weighted by Gasteiger charge is 2.59. The predicted octanol–water partition coefficient (Wildman–Crippen LogP) is 8.17. The molecule has 6 atom stereocenters. The van der Waals surface area contributed by atoms with Gasteiger partial charge in [0.1, 0.15) is 30.0 Å². The monoisotopic (exact) mass is 704 g/mol. The molecule has 0 spiro atoms. The van der Waals surface area contributed by atoms with Crippen LogP contribution in [0.4, 0.5) is 10.1 Å². The van der Waals surface area contributed by atoms with Crippen molar-refractivity contribution >= 4 is 11.6 Å². The number of amides is 1. The molecule has 4 aromatic rings. The molecule has 0 aromatic heterocycles. The maximum atomic E-state index is 15.6. The number of carbonyl (C=O) groups is 1. The third-order valence-electron chi connectivity index (χ3n) is 12.1. The van der Waals surface area contributed by atoms with Crippen molar-refractivity contribution < 1.29 is 28.1 Å². The highest BCUT2D eigenvalue weighted by molar-refractivity contribution is 5.92. The molecule has 3 aliphatic carbocycles. The number of anilines is 1. The summed E-state index contributed by atoms with van der Waals surface area (Å²) in [5, 5.41) is 2.76. The Kier molecular flexibility index (Phi) is 10.3. The summed E-state index contributed by atoms with van der Waals surface area (Å²) < 4.78 is 40.9. The van der Waals surface area contributed by atoms with E-state index in [0.29, 0.717) is 57.1 Å². The van der Waals surface area contributed by atoms with Crippen LogP contribution in [0.2, 0.25) is 0 Å². The van der Waals surface area contributed by atoms with E-state index in [2.05, 4.69) is 66.8 Å². The van der Waals surface area contributed by atoms with Gasteiger partial charge >= 0.3 is 0 Å². The van der Waals surface area contributed by atoms with Gasteiger partial charge in [-0.1, -0.05) is 73.7 Å². The molecule has 272 valence electrons. The lowest BCUT2D eigenvalue weighted by molar-refractivity contribution is -0.118. The largest absolute Gasteiger partial charge is 0.490 e. The first-order chi connectivity index (χ1) is 25.4. The van der Waals surface area contributed by atoms with E-state index in [4.69, 9.17) is 18.9 Å². The van der Waals surface area contributed by atoms with Crippen LogP contribution in [0, 0.1) is 23.1 Å². The number of nitrogens with zero attached hydrogens (tertiary/aromatic N) is 1. The Bertz CT molecular complexity index is 1830. The second-order valence-electron chi connectivity index (χ2n) is 15.3. The molecule has 0 radical (unpaired) electrons. The normalized spacial score (nSPS) is 26.8. The molecule has 8 heteroatoms. The van der Waals surface area contributed by atoms with Gasteiger partial charge in [0.15, 0.2) is 0 Å². The lowest BCUT2D eigenvalue weighted by Gasteiger charge is -2.53. The first kappa shape index (κ1) is 34.8. The molecule has 1 N–H and O–H groups in total. The van der Waals surface area contributed by atoms with Crippen LogP contribution in [-0.4, -0.2) is 55.9 Å². The minimum absolute atomic E-state index is 0.0806. The number of ether oxygens (including phenoxy) is 4. The van der Waals surface area contributed by atoms with Crippen LogP contribution in [0.3, 0.4) is 0 Å². The Balaban J connectivity index is 1.04. The fraction of sp³-hybridized carbons (Fsp3) is 0.432. The molecular weight excluding hydrogens is 655 g/mol. The first-order valence-corrected chi connectivity index (χ1v) is 18.9. The van der Waals surface area contributed by atoms with Crippen molar-refractivity contribution in [3.05, 3.63) is 125 Å². The second-order valence-corrected chi connectivity index (χ2v) is 15.3. The van der Waals surface area contributed by atoms with E-state index in [1.54, 1.807) is 12.1 Å². The van der Waals surface area contributed by atoms with Crippen LogP contribution in [-0.2, 0) is 33.9 Å². The molecule has 2 saturated carbocycles. The molecule has 1 saturated heterocycles. The predicted molar refractivity (Wildman–Crippen MR) is 199 cm³/mol. The molecule has 8 rings (SSSR count). The average Bonchev–Trinajstić information content (AvgIpc) is 3.50. The third kappa shape index (κ3) is 7.47. The first-order valence-electron chi connectivity index (χ1n) is 18.9. The smallest absolute Gasteiger partial charge is 0.238 e. The summed E-state index contributed by atoms with van der Waals surface area (Å²) in [5.41, 5.74) is 5.03. The number of benzene rings is 4. The van der Waals surface area contributed by atoms with Gasteiger partial charge in [0.2, 0.25) is 5.91 Å². The average molecular weight is 705 g/mol. The molecule has 7 nitrogen and oxygen atoms in total. The van der Waals surface area contributed by atoms with Crippen molar-refractivity contribution in [2.24, 2.45) is 17.3 Å². The summed E-state index contributed by atoms with van der Waals surface area (Å²) in [6.45, 7) is 6.30. The quantitative estimate of drug-likeness (QED) is 0.170. The van der Waals surface area contributed by atoms with Gasteiger partial charge in [-0.3, -0.25) is 9.69 Å². The van der Waals surface area contributed by atoms with Crippen LogP contribution in [0.15, 0.2) is 97.1 Å². The molecule has 0 unspecified atom stereocenters. The van der Waals surface area contributed by atoms with Gasteiger partial charge in [-0.2, -0.15) is 0 Å². The standard InChI is InChI=1S/C44H49FN2O5/c1-44-26-40(52-34-14-18-39(38(45)25-34)46-42(48)27-47-20-22-49-23-21-47)43-35-16-13-33(50-28-30-8-4-2-5-9-30)24-32(35)12-15-36(43)37(44)17-19-41(44)51-29-31-10-6-3-7-11-31/h2-11,13-14,16,18,24-25,36-37,40-41,43H,12,15,17,19-23,26-29H2,1H3,(H,46,48)/t36-,37-,40-,41-,43+,44-/m0/s1. The van der Waals surface area contributed by atoms with E-state index in [-0.39, 0.29) is 41.7 Å². The van der Waals surface area contributed by atoms with Crippen LogP contribution in [0.25, 0.3) is 0 Å². The zero-order chi connectivity index (χ0) is 35.5. The molecule has 0 bridgehead atoms. The molecule has 4 aromatic carbocycles. The van der Waals surface area contributed by atoms with E-state index in [0.717, 1.165) is 43.4 Å². The molecule has 1 amide bonds. The number of nitrogens with one attached hydrogen (secondary N) is 1. The second kappa shape index (κ2) is 15.4. The summed E-state index contributed by atoms with van der Waals surface area (Å²) in [6.07, 6.45) is 4.95. The van der Waals surface area contributed by atoms with Gasteiger partial charge in [-0.25, -0.2) is 4.39 Å². The summed E-state index contributed by atoms with van der Waals surface area (Å²) in [5.74, 6) is 1.69. The zero-order valence-corrected chi connectivity index (χ0v) is 30.0. The number of morpholine rings is 1. The minimum atomic E-state index is -0.501. The number of hydrogen-bond acceptors (Lipinski definition) is 6. The van der Waals surface area contributed by atoms with Crippen molar-refractivity contribution in [3.8, 4) is 11.5 Å². The van der Waals surface area contributed by atoms with Gasteiger partial charge < -0.3 is 24.3 Å². The van der Waals surface area contributed by atoms with Crippen molar-refractivity contribution in [1.82, 2.24) is 4.90 Å². The molecule has 1 heterocycles. The SMILES string of the molecule is C[C@]12C[C@H](Oc3ccc(NC(=O)CN4CCOCC4)c(F)c3)[C@@H]3c4ccc(OCc5ccccc5)cc4CC[C@H]3[C@@H]1CC[C@@H]2OCc1ccccc1. The summed E-state index contributed by atoms with van der Waals surface area (Å²) in [7, 11) is 0. The van der Waals surface area contributed by atoms with Gasteiger partial charge in [-0.05, 0) is 90.5 Å². The third-order valence-corrected chi connectivity index (χ3v) is 12.1. The number of carbonyl (C=O) groups excluding carboxylic acids is 1. The summed E-state index contributed by atoms with van der Waals surface area (Å²) in [4.78, 5) is 14.8. The minimum Gasteiger partial charge on any atom is -0.490 e. The highest BCUT2D eigenvalue weighted by atomic mass is 19.1. The van der Waals surface area contributed by atoms with Crippen molar-refractivity contribution in [2.75, 3.05) is 38.2 Å². The Hall–Kier alpha value is -4.24. The van der Waals surface area contributed by atoms with E-state index in [9.17, 15) is 4.79 Å². The number of aryl methyl sites for hydroxylation is 1. The Morgan fingerprint density at radius 2 is 1.62 bits per heavy atom. The zero-order valence-electron chi connectivity index (χ0n) is 30.0. The topological polar surface area (TPSA) is 69.3 Å². The Morgan fingerprint density at radius 3 is 2.37 bits per heavy atom. The van der Waals surface area contributed by atoms with Gasteiger partial charge in [-0.15, -0.1) is 0 Å². The van der Waals surface area contributed by atoms with Crippen molar-refractivity contribution in [3.63, 3.8) is 0 Å². The van der Waals surface area contributed by atoms with Gasteiger partial charge in [0.25, 0.3) is 0 Å². The lowest BCUT2D eigenvalue weighted by Crippen LogP contribution is -2.52. The lowest BCUT2D eigenvalue weighted by atomic mass is 9.54. The summed E-state index contributed by atoms with van der Waals surface area (Å²) >= 11 is 0. The number of halogens is 1. The Morgan fingerprint density at radius 1 is 0.885 bits per heavy atom. The molecule has 3 fully saturated rings. The fourth-order valence-corrected chi connectivity index (χ4v) is 9.55. The maximum absolute atomic E-state index is 15.6. The van der Waals surface area contributed by atoms with Crippen LogP contribution >= 0.6 is 0 Å². The van der Waals surface area contributed by atoms with E-state index >= 15 is 4.39 Å². The van der Waals surface area contributed by atoms with Crippen LogP contribution in [0.1, 0.15) is 60.8 Å². The van der Waals surface area contributed by atoms with E-state index < -0.39 is 5.82 Å². The van der Waals surface area contributed by atoms with Crippen LogP contribution in [0.5, 0.6) is 11.5 Å². The number of fused-ring (bicyclic) bond motifs is 5. The molecular formula is C44H49FN2O5. The maximum Gasteiger partial charge on any atom is 0.238 e. The fourth-order valence-electron chi connectivity index (χ4n) is 9.55. The summed E-state index contributed by atoms with van der Waals surface area (Å²) in [6, 6.07) is 32.0. The molecule has 52 heavy (non-hydrogen) atoms. The van der Waals surface area contributed by atoms with E-state index in [1.807, 2.05) is 29.2 Å². The van der Waals surface area contributed by atoms with Crippen molar-refractivity contribution in [1.29, 1.82) is 0 Å². The van der Waals surface area contributed by atoms with Gasteiger partial charge in [0.05, 0.1) is 38.2 Å².